The molecule has 1 aromatic heterocycles. The molecule has 2 aliphatic carbocycles. The normalized spacial score (nSPS) is 26.9. The van der Waals surface area contributed by atoms with Crippen molar-refractivity contribution in [2.75, 3.05) is 13.2 Å². The Morgan fingerprint density at radius 3 is 2.88 bits per heavy atom. The summed E-state index contributed by atoms with van der Waals surface area (Å²) in [5, 5.41) is 16.5. The third-order valence-corrected chi connectivity index (χ3v) is 5.32. The van der Waals surface area contributed by atoms with E-state index in [0.717, 1.165) is 36.4 Å². The minimum absolute atomic E-state index is 0. The Morgan fingerprint density at radius 1 is 1.42 bits per heavy atom. The number of aliphatic imine (C=N–C) groups is 1. The zero-order valence-electron chi connectivity index (χ0n) is 14.4. The van der Waals surface area contributed by atoms with Gasteiger partial charge in [-0.1, -0.05) is 13.3 Å². The molecule has 2 aliphatic rings. The van der Waals surface area contributed by atoms with E-state index >= 15 is 0 Å². The SMILES string of the molecule is CC[C@H](CO)NC(=NCCc1ccco1)NC1CC2CCC1C2.I. The van der Waals surface area contributed by atoms with Gasteiger partial charge in [-0.2, -0.15) is 0 Å². The molecule has 0 amide bonds. The van der Waals surface area contributed by atoms with Crippen LogP contribution in [-0.4, -0.2) is 36.3 Å². The van der Waals surface area contributed by atoms with E-state index < -0.39 is 0 Å². The number of nitrogens with zero attached hydrogens (tertiary/aromatic N) is 1. The number of nitrogens with one attached hydrogen (secondary N) is 2. The first kappa shape index (κ1) is 19.6. The Kier molecular flexibility index (Phi) is 7.87. The summed E-state index contributed by atoms with van der Waals surface area (Å²) in [5.74, 6) is 3.50. The Morgan fingerprint density at radius 2 is 2.29 bits per heavy atom. The van der Waals surface area contributed by atoms with Crippen LogP contribution in [0.15, 0.2) is 27.8 Å². The van der Waals surface area contributed by atoms with Gasteiger partial charge in [-0.05, 0) is 49.7 Å². The number of hydrogen-bond donors (Lipinski definition) is 3. The van der Waals surface area contributed by atoms with E-state index in [4.69, 9.17) is 9.41 Å². The van der Waals surface area contributed by atoms with Crippen molar-refractivity contribution in [1.29, 1.82) is 0 Å². The second-order valence-electron chi connectivity index (χ2n) is 6.92. The van der Waals surface area contributed by atoms with Crippen LogP contribution in [0.1, 0.15) is 44.8 Å². The molecular weight excluding hydrogens is 417 g/mol. The summed E-state index contributed by atoms with van der Waals surface area (Å²) < 4.78 is 5.36. The number of aliphatic hydroxyl groups excluding tert-OH is 1. The van der Waals surface area contributed by atoms with Crippen molar-refractivity contribution in [2.24, 2.45) is 16.8 Å². The summed E-state index contributed by atoms with van der Waals surface area (Å²) >= 11 is 0. The van der Waals surface area contributed by atoms with Gasteiger partial charge in [0, 0.05) is 19.0 Å². The summed E-state index contributed by atoms with van der Waals surface area (Å²) in [7, 11) is 0. The summed E-state index contributed by atoms with van der Waals surface area (Å²) in [6.45, 7) is 2.89. The molecule has 3 unspecified atom stereocenters. The molecule has 6 heteroatoms. The lowest BCUT2D eigenvalue weighted by atomic mass is 9.95. The van der Waals surface area contributed by atoms with Crippen molar-refractivity contribution in [3.05, 3.63) is 24.2 Å². The summed E-state index contributed by atoms with van der Waals surface area (Å²) in [5.41, 5.74) is 0. The van der Waals surface area contributed by atoms with Crippen LogP contribution in [0.4, 0.5) is 0 Å². The van der Waals surface area contributed by atoms with Crippen LogP contribution in [0.3, 0.4) is 0 Å². The second-order valence-corrected chi connectivity index (χ2v) is 6.92. The van der Waals surface area contributed by atoms with Crippen LogP contribution in [0, 0.1) is 11.8 Å². The molecule has 136 valence electrons. The fraction of sp³-hybridized carbons (Fsp3) is 0.722. The average molecular weight is 447 g/mol. The zero-order chi connectivity index (χ0) is 16.1. The molecule has 5 nitrogen and oxygen atoms in total. The molecule has 4 atom stereocenters. The lowest BCUT2D eigenvalue weighted by Gasteiger charge is -2.27. The maximum absolute atomic E-state index is 9.46. The van der Waals surface area contributed by atoms with Crippen molar-refractivity contribution >= 4 is 29.9 Å². The second kappa shape index (κ2) is 9.65. The summed E-state index contributed by atoms with van der Waals surface area (Å²) in [6, 6.07) is 4.49. The molecule has 3 N–H and O–H groups in total. The molecule has 3 rings (SSSR count). The molecule has 2 saturated carbocycles. The highest BCUT2D eigenvalue weighted by Crippen LogP contribution is 2.44. The minimum Gasteiger partial charge on any atom is -0.469 e. The van der Waals surface area contributed by atoms with Gasteiger partial charge < -0.3 is 20.2 Å². The third-order valence-electron chi connectivity index (χ3n) is 5.32. The predicted octanol–water partition coefficient (Wildman–Crippen LogP) is 2.93. The number of hydrogen-bond acceptors (Lipinski definition) is 3. The van der Waals surface area contributed by atoms with Crippen LogP contribution in [0.25, 0.3) is 0 Å². The molecule has 0 radical (unpaired) electrons. The first-order valence-corrected chi connectivity index (χ1v) is 8.99. The summed E-state index contributed by atoms with van der Waals surface area (Å²) in [4.78, 5) is 4.70. The third kappa shape index (κ3) is 5.12. The van der Waals surface area contributed by atoms with Crippen molar-refractivity contribution in [3.8, 4) is 0 Å². The Balaban J connectivity index is 0.00000208. The van der Waals surface area contributed by atoms with Gasteiger partial charge >= 0.3 is 0 Å². The van der Waals surface area contributed by atoms with E-state index in [9.17, 15) is 5.11 Å². The van der Waals surface area contributed by atoms with E-state index in [1.807, 2.05) is 12.1 Å². The first-order valence-electron chi connectivity index (χ1n) is 8.99. The van der Waals surface area contributed by atoms with E-state index in [1.165, 1.54) is 25.7 Å². The smallest absolute Gasteiger partial charge is 0.191 e. The topological polar surface area (TPSA) is 69.8 Å². The van der Waals surface area contributed by atoms with Gasteiger partial charge in [-0.15, -0.1) is 24.0 Å². The quantitative estimate of drug-likeness (QED) is 0.342. The molecule has 2 fully saturated rings. The first-order chi connectivity index (χ1) is 11.3. The van der Waals surface area contributed by atoms with Crippen LogP contribution in [-0.2, 0) is 6.42 Å². The van der Waals surface area contributed by atoms with Crippen LogP contribution < -0.4 is 10.6 Å². The molecule has 0 spiro atoms. The number of furan rings is 1. The predicted molar refractivity (Wildman–Crippen MR) is 107 cm³/mol. The molecule has 0 saturated heterocycles. The largest absolute Gasteiger partial charge is 0.469 e. The lowest BCUT2D eigenvalue weighted by Crippen LogP contribution is -2.50. The van der Waals surface area contributed by atoms with E-state index in [0.29, 0.717) is 12.6 Å². The van der Waals surface area contributed by atoms with E-state index in [-0.39, 0.29) is 36.6 Å². The van der Waals surface area contributed by atoms with Gasteiger partial charge in [0.2, 0.25) is 0 Å². The molecule has 0 aliphatic heterocycles. The summed E-state index contributed by atoms with van der Waals surface area (Å²) in [6.07, 6.45) is 8.76. The fourth-order valence-corrected chi connectivity index (χ4v) is 3.93. The standard InChI is InChI=1S/C18H29N3O2.HI/c1-2-15(12-22)20-18(19-8-7-16-4-3-9-23-16)21-17-11-13-5-6-14(17)10-13;/h3-4,9,13-15,17,22H,2,5-8,10-12H2,1H3,(H2,19,20,21);1H/t13?,14?,15-,17?;/m1./s1. The van der Waals surface area contributed by atoms with Crippen LogP contribution in [0.5, 0.6) is 0 Å². The van der Waals surface area contributed by atoms with Gasteiger partial charge in [0.25, 0.3) is 0 Å². The lowest BCUT2D eigenvalue weighted by molar-refractivity contribution is 0.251. The maximum atomic E-state index is 9.46. The number of rotatable bonds is 7. The molecule has 1 aromatic rings. The zero-order valence-corrected chi connectivity index (χ0v) is 16.7. The number of fused-ring (bicyclic) bond motifs is 2. The van der Waals surface area contributed by atoms with E-state index in [2.05, 4.69) is 17.6 Å². The molecule has 24 heavy (non-hydrogen) atoms. The maximum Gasteiger partial charge on any atom is 0.191 e. The van der Waals surface area contributed by atoms with Crippen LogP contribution in [0.2, 0.25) is 0 Å². The number of guanidine groups is 1. The number of aliphatic hydroxyl groups is 1. The van der Waals surface area contributed by atoms with Gasteiger partial charge in [0.15, 0.2) is 5.96 Å². The van der Waals surface area contributed by atoms with Crippen molar-refractivity contribution in [1.82, 2.24) is 10.6 Å². The Hall–Kier alpha value is -0.760. The molecule has 1 heterocycles. The van der Waals surface area contributed by atoms with Crippen molar-refractivity contribution < 1.29 is 9.52 Å². The van der Waals surface area contributed by atoms with Crippen LogP contribution >= 0.6 is 24.0 Å². The highest BCUT2D eigenvalue weighted by Gasteiger charge is 2.39. The highest BCUT2D eigenvalue weighted by atomic mass is 127. The monoisotopic (exact) mass is 447 g/mol. The average Bonchev–Trinajstić information content (AvgIpc) is 3.30. The Labute approximate surface area is 161 Å². The Bertz CT molecular complexity index is 502. The number of halogens is 1. The molecule has 2 bridgehead atoms. The van der Waals surface area contributed by atoms with Gasteiger partial charge in [0.1, 0.15) is 5.76 Å². The van der Waals surface area contributed by atoms with Crippen molar-refractivity contribution in [2.45, 2.75) is 57.5 Å². The van der Waals surface area contributed by atoms with Gasteiger partial charge in [0.05, 0.1) is 18.9 Å². The molecule has 0 aromatic carbocycles. The van der Waals surface area contributed by atoms with E-state index in [1.54, 1.807) is 6.26 Å². The van der Waals surface area contributed by atoms with Gasteiger partial charge in [-0.25, -0.2) is 0 Å². The molecular formula is C18H30IN3O2. The van der Waals surface area contributed by atoms with Crippen molar-refractivity contribution in [3.63, 3.8) is 0 Å². The van der Waals surface area contributed by atoms with Gasteiger partial charge in [-0.3, -0.25) is 4.99 Å². The fourth-order valence-electron chi connectivity index (χ4n) is 3.93. The minimum atomic E-state index is 0. The highest BCUT2D eigenvalue weighted by molar-refractivity contribution is 14.0.